The summed E-state index contributed by atoms with van der Waals surface area (Å²) in [5.41, 5.74) is 1.27. The smallest absolute Gasteiger partial charge is 0.227 e. The monoisotopic (exact) mass is 336 g/mol. The number of nitrogens with one attached hydrogen (secondary N) is 1. The zero-order valence-corrected chi connectivity index (χ0v) is 14.3. The summed E-state index contributed by atoms with van der Waals surface area (Å²) < 4.78 is 0. The lowest BCUT2D eigenvalue weighted by Gasteiger charge is -2.15. The molecule has 3 heterocycles. The maximum Gasteiger partial charge on any atom is 0.227 e. The molecule has 0 aliphatic carbocycles. The summed E-state index contributed by atoms with van der Waals surface area (Å²) in [6, 6.07) is 16.8. The van der Waals surface area contributed by atoms with Crippen molar-refractivity contribution in [2.75, 3.05) is 23.3 Å². The molecule has 5 heteroatoms. The van der Waals surface area contributed by atoms with Gasteiger partial charge in [0.05, 0.1) is 6.54 Å². The van der Waals surface area contributed by atoms with Gasteiger partial charge in [-0.15, -0.1) is 11.3 Å². The number of aromatic nitrogens is 2. The maximum absolute atomic E-state index is 4.64. The molecule has 4 nitrogen and oxygen atoms in total. The molecule has 4 rings (SSSR count). The Bertz CT molecular complexity index is 794. The van der Waals surface area contributed by atoms with Crippen molar-refractivity contribution in [2.24, 2.45) is 0 Å². The molecule has 1 saturated heterocycles. The van der Waals surface area contributed by atoms with E-state index in [1.165, 1.54) is 28.2 Å². The highest BCUT2D eigenvalue weighted by Gasteiger charge is 2.14. The van der Waals surface area contributed by atoms with Crippen molar-refractivity contribution >= 4 is 23.1 Å². The summed E-state index contributed by atoms with van der Waals surface area (Å²) in [4.78, 5) is 13.9. The van der Waals surface area contributed by atoms with Crippen LogP contribution in [0.3, 0.4) is 0 Å². The van der Waals surface area contributed by atoms with E-state index in [9.17, 15) is 0 Å². The van der Waals surface area contributed by atoms with Crippen molar-refractivity contribution in [3.05, 3.63) is 59.6 Å². The largest absolute Gasteiger partial charge is 0.365 e. The molecule has 3 aromatic rings. The lowest BCUT2D eigenvalue weighted by molar-refractivity contribution is 0.897. The number of thiophene rings is 1. The van der Waals surface area contributed by atoms with Crippen molar-refractivity contribution in [1.29, 1.82) is 0 Å². The third-order valence-electron chi connectivity index (χ3n) is 4.20. The third-order valence-corrected chi connectivity index (χ3v) is 5.33. The molecule has 0 amide bonds. The Morgan fingerprint density at radius 2 is 1.83 bits per heavy atom. The number of benzene rings is 1. The molecule has 1 fully saturated rings. The van der Waals surface area contributed by atoms with Crippen molar-refractivity contribution in [2.45, 2.75) is 19.4 Å². The lowest BCUT2D eigenvalue weighted by atomic mass is 10.2. The predicted molar refractivity (Wildman–Crippen MR) is 101 cm³/mol. The van der Waals surface area contributed by atoms with Crippen LogP contribution in [0.25, 0.3) is 10.4 Å². The van der Waals surface area contributed by atoms with Crippen molar-refractivity contribution in [1.82, 2.24) is 9.97 Å². The maximum atomic E-state index is 4.64. The average molecular weight is 336 g/mol. The molecule has 1 aliphatic heterocycles. The van der Waals surface area contributed by atoms with Gasteiger partial charge >= 0.3 is 0 Å². The van der Waals surface area contributed by atoms with Gasteiger partial charge in [0.2, 0.25) is 5.95 Å². The highest BCUT2D eigenvalue weighted by atomic mass is 32.1. The van der Waals surface area contributed by atoms with Gasteiger partial charge < -0.3 is 10.2 Å². The van der Waals surface area contributed by atoms with Crippen LogP contribution in [0.4, 0.5) is 11.8 Å². The zero-order valence-electron chi connectivity index (χ0n) is 13.5. The van der Waals surface area contributed by atoms with Crippen molar-refractivity contribution in [3.8, 4) is 10.4 Å². The Hall–Kier alpha value is -2.40. The molecule has 1 N–H and O–H groups in total. The normalized spacial score (nSPS) is 14.1. The van der Waals surface area contributed by atoms with Crippen LogP contribution < -0.4 is 10.2 Å². The number of hydrogen-bond acceptors (Lipinski definition) is 5. The van der Waals surface area contributed by atoms with E-state index in [1.54, 1.807) is 0 Å². The fraction of sp³-hybridized carbons (Fsp3) is 0.263. The van der Waals surface area contributed by atoms with Gasteiger partial charge in [0.25, 0.3) is 0 Å². The highest BCUT2D eigenvalue weighted by Crippen LogP contribution is 2.28. The molecule has 0 atom stereocenters. The van der Waals surface area contributed by atoms with Gasteiger partial charge in [-0.1, -0.05) is 30.3 Å². The van der Waals surface area contributed by atoms with Crippen LogP contribution in [0.15, 0.2) is 54.7 Å². The van der Waals surface area contributed by atoms with E-state index in [1.807, 2.05) is 29.7 Å². The van der Waals surface area contributed by atoms with Crippen LogP contribution in [0.1, 0.15) is 17.7 Å². The van der Waals surface area contributed by atoms with E-state index >= 15 is 0 Å². The van der Waals surface area contributed by atoms with E-state index in [-0.39, 0.29) is 0 Å². The molecule has 122 valence electrons. The Labute approximate surface area is 146 Å². The molecule has 0 radical (unpaired) electrons. The van der Waals surface area contributed by atoms with Crippen LogP contribution >= 0.6 is 11.3 Å². The molecule has 24 heavy (non-hydrogen) atoms. The second kappa shape index (κ2) is 7.01. The number of anilines is 2. The second-order valence-electron chi connectivity index (χ2n) is 5.92. The average Bonchev–Trinajstić information content (AvgIpc) is 3.33. The van der Waals surface area contributed by atoms with Gasteiger partial charge in [0.1, 0.15) is 5.82 Å². The minimum atomic E-state index is 0.786. The zero-order chi connectivity index (χ0) is 16.2. The molecular weight excluding hydrogens is 316 g/mol. The first-order valence-corrected chi connectivity index (χ1v) is 9.16. The first kappa shape index (κ1) is 15.1. The second-order valence-corrected chi connectivity index (χ2v) is 7.09. The van der Waals surface area contributed by atoms with Gasteiger partial charge in [-0.2, -0.15) is 4.98 Å². The predicted octanol–water partition coefficient (Wildman–Crippen LogP) is 4.42. The summed E-state index contributed by atoms with van der Waals surface area (Å²) in [7, 11) is 0. The van der Waals surface area contributed by atoms with Gasteiger partial charge in [-0.25, -0.2) is 4.98 Å². The fourth-order valence-corrected chi connectivity index (χ4v) is 3.88. The van der Waals surface area contributed by atoms with Crippen LogP contribution in [0.2, 0.25) is 0 Å². The topological polar surface area (TPSA) is 41.1 Å². The fourth-order valence-electron chi connectivity index (χ4n) is 2.92. The van der Waals surface area contributed by atoms with E-state index in [0.29, 0.717) is 0 Å². The van der Waals surface area contributed by atoms with Crippen molar-refractivity contribution in [3.63, 3.8) is 0 Å². The summed E-state index contributed by atoms with van der Waals surface area (Å²) in [6.07, 6.45) is 4.31. The number of hydrogen-bond donors (Lipinski definition) is 1. The number of rotatable bonds is 5. The molecule has 0 saturated carbocycles. The van der Waals surface area contributed by atoms with Crippen LogP contribution in [-0.2, 0) is 6.54 Å². The third kappa shape index (κ3) is 3.41. The van der Waals surface area contributed by atoms with E-state index < -0.39 is 0 Å². The molecule has 0 unspecified atom stereocenters. The van der Waals surface area contributed by atoms with Gasteiger partial charge in [0, 0.05) is 29.0 Å². The Morgan fingerprint density at radius 3 is 2.67 bits per heavy atom. The van der Waals surface area contributed by atoms with E-state index in [2.05, 4.69) is 56.6 Å². The minimum absolute atomic E-state index is 0.786. The first-order chi connectivity index (χ1) is 11.9. The quantitative estimate of drug-likeness (QED) is 0.749. The summed E-state index contributed by atoms with van der Waals surface area (Å²) in [5, 5.41) is 3.42. The van der Waals surface area contributed by atoms with Crippen LogP contribution in [0.5, 0.6) is 0 Å². The minimum Gasteiger partial charge on any atom is -0.365 e. The van der Waals surface area contributed by atoms with Crippen LogP contribution in [0, 0.1) is 0 Å². The first-order valence-electron chi connectivity index (χ1n) is 8.34. The molecule has 1 aliphatic rings. The number of nitrogens with zero attached hydrogens (tertiary/aromatic N) is 3. The molecule has 1 aromatic carbocycles. The van der Waals surface area contributed by atoms with Crippen molar-refractivity contribution < 1.29 is 0 Å². The van der Waals surface area contributed by atoms with Gasteiger partial charge in [-0.3, -0.25) is 0 Å². The summed E-state index contributed by atoms with van der Waals surface area (Å²) in [6.45, 7) is 2.91. The van der Waals surface area contributed by atoms with E-state index in [4.69, 9.17) is 0 Å². The Kier molecular flexibility index (Phi) is 4.42. The summed E-state index contributed by atoms with van der Waals surface area (Å²) in [5.74, 6) is 1.73. The van der Waals surface area contributed by atoms with Gasteiger partial charge in [-0.05, 0) is 36.6 Å². The Morgan fingerprint density at radius 1 is 1.00 bits per heavy atom. The SMILES string of the molecule is c1ccc(-c2ccc(CNc3ccnc(N4CCCC4)n3)s2)cc1. The summed E-state index contributed by atoms with van der Waals surface area (Å²) >= 11 is 1.82. The highest BCUT2D eigenvalue weighted by molar-refractivity contribution is 7.15. The van der Waals surface area contributed by atoms with Gasteiger partial charge in [0.15, 0.2) is 0 Å². The molecule has 0 spiro atoms. The molecular formula is C19H20N4S. The standard InChI is InChI=1S/C19H20N4S/c1-2-6-15(7-3-1)17-9-8-16(24-17)14-21-18-10-11-20-19(22-18)23-12-4-5-13-23/h1-3,6-11H,4-5,12-14H2,(H,20,21,22). The van der Waals surface area contributed by atoms with Crippen LogP contribution in [-0.4, -0.2) is 23.1 Å². The molecule has 0 bridgehead atoms. The molecule has 2 aromatic heterocycles. The Balaban J connectivity index is 1.42. The van der Waals surface area contributed by atoms with E-state index in [0.717, 1.165) is 31.4 Å². The lowest BCUT2D eigenvalue weighted by Crippen LogP contribution is -2.20.